The number of nitrogens with one attached hydrogen (secondary N) is 2. The van der Waals surface area contributed by atoms with Crippen LogP contribution in [0.15, 0.2) is 24.3 Å². The molecule has 2 fully saturated rings. The SMILES string of the molecule is CCC1CC(=O)NC2CC(NC(=O)Cc3ccccc3Cl)CCC12. The van der Waals surface area contributed by atoms with Crippen LogP contribution in [-0.4, -0.2) is 23.9 Å². The van der Waals surface area contributed by atoms with Gasteiger partial charge in [-0.1, -0.05) is 43.1 Å². The molecule has 130 valence electrons. The van der Waals surface area contributed by atoms with Crippen LogP contribution in [0, 0.1) is 11.8 Å². The van der Waals surface area contributed by atoms with Gasteiger partial charge in [0, 0.05) is 23.5 Å². The quantitative estimate of drug-likeness (QED) is 0.878. The number of halogens is 1. The average molecular weight is 349 g/mol. The van der Waals surface area contributed by atoms with E-state index in [0.29, 0.717) is 29.7 Å². The molecule has 2 aliphatic rings. The minimum Gasteiger partial charge on any atom is -0.353 e. The van der Waals surface area contributed by atoms with Crippen molar-refractivity contribution in [3.63, 3.8) is 0 Å². The molecule has 1 aromatic carbocycles. The third-order valence-corrected chi connectivity index (χ3v) is 5.87. The second-order valence-corrected chi connectivity index (χ2v) is 7.46. The van der Waals surface area contributed by atoms with Gasteiger partial charge in [-0.05, 0) is 42.7 Å². The maximum absolute atomic E-state index is 12.3. The number of rotatable bonds is 4. The van der Waals surface area contributed by atoms with Crippen molar-refractivity contribution < 1.29 is 9.59 Å². The average Bonchev–Trinajstić information content (AvgIpc) is 2.55. The van der Waals surface area contributed by atoms with Gasteiger partial charge >= 0.3 is 0 Å². The molecular formula is C19H25ClN2O2. The summed E-state index contributed by atoms with van der Waals surface area (Å²) >= 11 is 6.12. The first kappa shape index (κ1) is 17.3. The fourth-order valence-electron chi connectivity index (χ4n) is 4.25. The third kappa shape index (κ3) is 3.92. The Morgan fingerprint density at radius 3 is 2.88 bits per heavy atom. The van der Waals surface area contributed by atoms with Crippen LogP contribution in [-0.2, 0) is 16.0 Å². The maximum atomic E-state index is 12.3. The molecule has 0 radical (unpaired) electrons. The molecule has 3 rings (SSSR count). The van der Waals surface area contributed by atoms with Crippen molar-refractivity contribution in [2.24, 2.45) is 11.8 Å². The number of hydrogen-bond acceptors (Lipinski definition) is 2. The zero-order valence-corrected chi connectivity index (χ0v) is 14.8. The smallest absolute Gasteiger partial charge is 0.224 e. The lowest BCUT2D eigenvalue weighted by atomic mass is 9.70. The van der Waals surface area contributed by atoms with E-state index in [1.165, 1.54) is 0 Å². The van der Waals surface area contributed by atoms with Crippen molar-refractivity contribution in [2.75, 3.05) is 0 Å². The van der Waals surface area contributed by atoms with Crippen LogP contribution in [0.5, 0.6) is 0 Å². The van der Waals surface area contributed by atoms with Crippen LogP contribution in [0.2, 0.25) is 5.02 Å². The molecule has 0 spiro atoms. The zero-order chi connectivity index (χ0) is 17.1. The lowest BCUT2D eigenvalue weighted by Crippen LogP contribution is -2.55. The summed E-state index contributed by atoms with van der Waals surface area (Å²) in [5, 5.41) is 6.89. The molecule has 4 unspecified atom stereocenters. The number of hydrogen-bond donors (Lipinski definition) is 2. The number of carbonyl (C=O) groups is 2. The molecule has 1 aliphatic heterocycles. The highest BCUT2D eigenvalue weighted by molar-refractivity contribution is 6.31. The van der Waals surface area contributed by atoms with E-state index in [2.05, 4.69) is 17.6 Å². The van der Waals surface area contributed by atoms with Crippen LogP contribution < -0.4 is 10.6 Å². The van der Waals surface area contributed by atoms with Gasteiger partial charge in [0.1, 0.15) is 0 Å². The molecule has 1 saturated carbocycles. The Labute approximate surface area is 148 Å². The molecule has 24 heavy (non-hydrogen) atoms. The van der Waals surface area contributed by atoms with Gasteiger partial charge in [0.15, 0.2) is 0 Å². The van der Waals surface area contributed by atoms with Gasteiger partial charge in [-0.2, -0.15) is 0 Å². The van der Waals surface area contributed by atoms with E-state index in [9.17, 15) is 9.59 Å². The van der Waals surface area contributed by atoms with Gasteiger partial charge in [-0.15, -0.1) is 0 Å². The van der Waals surface area contributed by atoms with Crippen molar-refractivity contribution in [2.45, 2.75) is 57.5 Å². The summed E-state index contributed by atoms with van der Waals surface area (Å²) < 4.78 is 0. The summed E-state index contributed by atoms with van der Waals surface area (Å²) in [7, 11) is 0. The third-order valence-electron chi connectivity index (χ3n) is 5.50. The molecule has 1 aromatic rings. The normalized spacial score (nSPS) is 29.5. The summed E-state index contributed by atoms with van der Waals surface area (Å²) in [6.07, 6.45) is 4.90. The van der Waals surface area contributed by atoms with E-state index in [1.807, 2.05) is 18.2 Å². The lowest BCUT2D eigenvalue weighted by molar-refractivity contribution is -0.127. The van der Waals surface area contributed by atoms with Gasteiger partial charge in [0.2, 0.25) is 11.8 Å². The zero-order valence-electron chi connectivity index (χ0n) is 14.1. The van der Waals surface area contributed by atoms with Crippen LogP contribution in [0.4, 0.5) is 0 Å². The van der Waals surface area contributed by atoms with Crippen molar-refractivity contribution in [3.8, 4) is 0 Å². The molecule has 4 nitrogen and oxygen atoms in total. The Kier molecular flexibility index (Phi) is 5.44. The van der Waals surface area contributed by atoms with E-state index in [0.717, 1.165) is 31.2 Å². The van der Waals surface area contributed by atoms with Gasteiger partial charge in [-0.3, -0.25) is 9.59 Å². The number of amides is 2. The molecule has 4 atom stereocenters. The highest BCUT2D eigenvalue weighted by Crippen LogP contribution is 2.36. The van der Waals surface area contributed by atoms with E-state index >= 15 is 0 Å². The maximum Gasteiger partial charge on any atom is 0.224 e. The van der Waals surface area contributed by atoms with Gasteiger partial charge < -0.3 is 10.6 Å². The summed E-state index contributed by atoms with van der Waals surface area (Å²) in [5.41, 5.74) is 0.849. The van der Waals surface area contributed by atoms with E-state index < -0.39 is 0 Å². The van der Waals surface area contributed by atoms with Crippen LogP contribution in [0.1, 0.15) is 44.6 Å². The van der Waals surface area contributed by atoms with Gasteiger partial charge in [0.05, 0.1) is 6.42 Å². The number of fused-ring (bicyclic) bond motifs is 1. The monoisotopic (exact) mass is 348 g/mol. The first-order valence-electron chi connectivity index (χ1n) is 8.89. The Morgan fingerprint density at radius 1 is 1.33 bits per heavy atom. The molecule has 2 N–H and O–H groups in total. The summed E-state index contributed by atoms with van der Waals surface area (Å²) in [6.45, 7) is 2.16. The standard InChI is InChI=1S/C19H25ClN2O2/c1-2-12-9-19(24)22-17-11-14(7-8-15(12)17)21-18(23)10-13-5-3-4-6-16(13)20/h3-6,12,14-15,17H,2,7-11H2,1H3,(H,21,23)(H,22,24). The lowest BCUT2D eigenvalue weighted by Gasteiger charge is -2.44. The van der Waals surface area contributed by atoms with Crippen molar-refractivity contribution in [3.05, 3.63) is 34.9 Å². The minimum atomic E-state index is 0.000674. The summed E-state index contributed by atoms with van der Waals surface area (Å²) in [5.74, 6) is 1.21. The largest absolute Gasteiger partial charge is 0.353 e. The van der Waals surface area contributed by atoms with E-state index in [-0.39, 0.29) is 23.9 Å². The number of benzene rings is 1. The molecule has 5 heteroatoms. The Bertz CT molecular complexity index is 619. The van der Waals surface area contributed by atoms with E-state index in [4.69, 9.17) is 11.6 Å². The highest BCUT2D eigenvalue weighted by atomic mass is 35.5. The second kappa shape index (κ2) is 7.56. The first-order valence-corrected chi connectivity index (χ1v) is 9.26. The fourth-order valence-corrected chi connectivity index (χ4v) is 4.45. The number of carbonyl (C=O) groups excluding carboxylic acids is 2. The van der Waals surface area contributed by atoms with Crippen LogP contribution in [0.25, 0.3) is 0 Å². The Balaban J connectivity index is 1.56. The minimum absolute atomic E-state index is 0.000674. The fraction of sp³-hybridized carbons (Fsp3) is 0.579. The molecule has 1 aliphatic carbocycles. The van der Waals surface area contributed by atoms with Crippen molar-refractivity contribution >= 4 is 23.4 Å². The molecule has 1 saturated heterocycles. The molecule has 1 heterocycles. The van der Waals surface area contributed by atoms with Crippen LogP contribution in [0.3, 0.4) is 0 Å². The predicted molar refractivity (Wildman–Crippen MR) is 94.8 cm³/mol. The molecule has 0 bridgehead atoms. The Hall–Kier alpha value is -1.55. The molecule has 0 aromatic heterocycles. The van der Waals surface area contributed by atoms with E-state index in [1.54, 1.807) is 6.07 Å². The van der Waals surface area contributed by atoms with Gasteiger partial charge in [-0.25, -0.2) is 0 Å². The first-order chi connectivity index (χ1) is 11.6. The summed E-state index contributed by atoms with van der Waals surface area (Å²) in [6, 6.07) is 7.78. The highest BCUT2D eigenvalue weighted by Gasteiger charge is 2.40. The molecular weight excluding hydrogens is 324 g/mol. The summed E-state index contributed by atoms with van der Waals surface area (Å²) in [4.78, 5) is 24.2. The predicted octanol–water partition coefficient (Wildman–Crippen LogP) is 3.08. The number of piperidine rings is 1. The van der Waals surface area contributed by atoms with Crippen molar-refractivity contribution in [1.82, 2.24) is 10.6 Å². The van der Waals surface area contributed by atoms with Crippen molar-refractivity contribution in [1.29, 1.82) is 0 Å². The Morgan fingerprint density at radius 2 is 2.12 bits per heavy atom. The second-order valence-electron chi connectivity index (χ2n) is 7.06. The molecule has 2 amide bonds. The van der Waals surface area contributed by atoms with Gasteiger partial charge in [0.25, 0.3) is 0 Å². The topological polar surface area (TPSA) is 58.2 Å². The van der Waals surface area contributed by atoms with Crippen LogP contribution >= 0.6 is 11.6 Å².